The zero-order valence-corrected chi connectivity index (χ0v) is 32.3. The van der Waals surface area contributed by atoms with Crippen LogP contribution in [0.5, 0.6) is 0 Å². The van der Waals surface area contributed by atoms with Crippen molar-refractivity contribution in [1.82, 2.24) is 9.80 Å². The summed E-state index contributed by atoms with van der Waals surface area (Å²) in [6.45, 7) is 25.6. The molecule has 10 nitrogen and oxygen atoms in total. The van der Waals surface area contributed by atoms with E-state index >= 15 is 0 Å². The van der Waals surface area contributed by atoms with Gasteiger partial charge in [-0.3, -0.25) is 19.4 Å². The molecule has 2 aromatic rings. The highest BCUT2D eigenvalue weighted by molar-refractivity contribution is 6.63. The zero-order chi connectivity index (χ0) is 37.1. The summed E-state index contributed by atoms with van der Waals surface area (Å²) in [6, 6.07) is 16.0. The molecule has 0 spiro atoms. The van der Waals surface area contributed by atoms with Gasteiger partial charge in [0.15, 0.2) is 0 Å². The normalized spacial score (nSPS) is 19.2. The number of hydrogen-bond donors (Lipinski definition) is 0. The van der Waals surface area contributed by atoms with Crippen LogP contribution in [0.2, 0.25) is 0 Å². The van der Waals surface area contributed by atoms with Gasteiger partial charge in [0.1, 0.15) is 0 Å². The highest BCUT2D eigenvalue weighted by atomic mass is 16.7. The van der Waals surface area contributed by atoms with Gasteiger partial charge in [-0.05, 0) is 105 Å². The van der Waals surface area contributed by atoms with Crippen molar-refractivity contribution in [2.45, 2.75) is 131 Å². The molecule has 2 aliphatic heterocycles. The van der Waals surface area contributed by atoms with E-state index in [-0.39, 0.29) is 37.2 Å². The fourth-order valence-electron chi connectivity index (χ4n) is 5.91. The van der Waals surface area contributed by atoms with Crippen molar-refractivity contribution < 1.29 is 37.7 Å². The third kappa shape index (κ3) is 9.98. The summed E-state index contributed by atoms with van der Waals surface area (Å²) in [5, 5.41) is 0. The first-order chi connectivity index (χ1) is 23.2. The lowest BCUT2D eigenvalue weighted by molar-refractivity contribution is -0.150. The Morgan fingerprint density at radius 1 is 0.580 bits per heavy atom. The lowest BCUT2D eigenvalue weighted by Crippen LogP contribution is -2.44. The molecule has 2 heterocycles. The Morgan fingerprint density at radius 3 is 1.18 bits per heavy atom. The molecule has 0 amide bonds. The van der Waals surface area contributed by atoms with Gasteiger partial charge in [-0.2, -0.15) is 0 Å². The first-order valence-electron chi connectivity index (χ1n) is 17.9. The molecule has 2 saturated heterocycles. The maximum atomic E-state index is 13.1. The van der Waals surface area contributed by atoms with Crippen LogP contribution in [-0.4, -0.2) is 96.8 Å². The number of ether oxygens (including phenoxy) is 2. The number of carbonyl (C=O) groups excluding carboxylic acids is 2. The van der Waals surface area contributed by atoms with Crippen LogP contribution in [0.25, 0.3) is 0 Å². The molecule has 12 heteroatoms. The van der Waals surface area contributed by atoms with E-state index in [0.29, 0.717) is 26.2 Å². The third-order valence-electron chi connectivity index (χ3n) is 10.1. The summed E-state index contributed by atoms with van der Waals surface area (Å²) in [4.78, 5) is 30.2. The molecule has 0 aliphatic carbocycles. The van der Waals surface area contributed by atoms with Crippen molar-refractivity contribution in [3.05, 3.63) is 59.7 Å². The Bertz CT molecular complexity index is 1340. The second-order valence-corrected chi connectivity index (χ2v) is 16.1. The van der Waals surface area contributed by atoms with Gasteiger partial charge in [-0.25, -0.2) is 0 Å². The lowest BCUT2D eigenvalue weighted by Gasteiger charge is -2.32. The Labute approximate surface area is 300 Å². The number of hydrogen-bond acceptors (Lipinski definition) is 10. The molecule has 2 aliphatic rings. The lowest BCUT2D eigenvalue weighted by atomic mass is 9.75. The van der Waals surface area contributed by atoms with Crippen molar-refractivity contribution in [3.63, 3.8) is 0 Å². The molecule has 0 saturated carbocycles. The van der Waals surface area contributed by atoms with Crippen molar-refractivity contribution in [2.24, 2.45) is 0 Å². The summed E-state index contributed by atoms with van der Waals surface area (Å²) >= 11 is 0. The molecule has 0 unspecified atom stereocenters. The third-order valence-corrected chi connectivity index (χ3v) is 10.1. The van der Waals surface area contributed by atoms with E-state index in [1.807, 2.05) is 132 Å². The molecule has 2 fully saturated rings. The summed E-state index contributed by atoms with van der Waals surface area (Å²) in [5.74, 6) is -0.630. The Hall–Kier alpha value is -2.73. The largest absolute Gasteiger partial charge is 0.495 e. The van der Waals surface area contributed by atoms with Crippen LogP contribution in [0.15, 0.2) is 48.5 Å². The summed E-state index contributed by atoms with van der Waals surface area (Å²) < 4.78 is 36.8. The molecule has 0 bridgehead atoms. The molecule has 274 valence electrons. The van der Waals surface area contributed by atoms with Gasteiger partial charge in [-0.15, -0.1) is 0 Å². The maximum Gasteiger partial charge on any atom is 0.495 e. The van der Waals surface area contributed by atoms with E-state index in [4.69, 9.17) is 28.1 Å². The first-order valence-corrected chi connectivity index (χ1v) is 17.9. The molecule has 0 N–H and O–H groups in total. The second kappa shape index (κ2) is 15.9. The minimum absolute atomic E-state index is 0.0741. The van der Waals surface area contributed by atoms with Crippen LogP contribution in [0.1, 0.15) is 94.2 Å². The van der Waals surface area contributed by atoms with E-state index in [0.717, 1.165) is 22.1 Å². The van der Waals surface area contributed by atoms with Gasteiger partial charge in [0, 0.05) is 26.2 Å². The smallest absolute Gasteiger partial charge is 0.462 e. The number of carbonyl (C=O) groups is 2. The summed E-state index contributed by atoms with van der Waals surface area (Å²) in [5.41, 5.74) is 1.84. The average molecular weight is 693 g/mol. The maximum absolute atomic E-state index is 13.1. The first kappa shape index (κ1) is 40.0. The van der Waals surface area contributed by atoms with Crippen molar-refractivity contribution >= 4 is 37.1 Å². The molecule has 2 aromatic carbocycles. The molecule has 0 aromatic heterocycles. The van der Waals surface area contributed by atoms with E-state index in [9.17, 15) is 9.59 Å². The van der Waals surface area contributed by atoms with Crippen LogP contribution in [0.3, 0.4) is 0 Å². The van der Waals surface area contributed by atoms with Crippen molar-refractivity contribution in [1.29, 1.82) is 0 Å². The van der Waals surface area contributed by atoms with Gasteiger partial charge >= 0.3 is 26.2 Å². The van der Waals surface area contributed by atoms with Crippen LogP contribution < -0.4 is 10.9 Å². The van der Waals surface area contributed by atoms with Crippen LogP contribution >= 0.6 is 0 Å². The summed E-state index contributed by atoms with van der Waals surface area (Å²) in [6.07, 6.45) is -0.481. The van der Waals surface area contributed by atoms with Crippen LogP contribution in [0.4, 0.5) is 0 Å². The Balaban J connectivity index is 1.59. The molecule has 50 heavy (non-hydrogen) atoms. The highest BCUT2D eigenvalue weighted by Gasteiger charge is 2.53. The van der Waals surface area contributed by atoms with Crippen molar-refractivity contribution in [3.8, 4) is 0 Å². The SMILES string of the molecule is CC(C)OC(=O)CN(CCN(CC(=O)OC(C)C)Cc1ccccc1B1OC(C)(C)C(C)(C)O1)Cc1ccccc1B1OC(C)(C)C(C)(C)O1. The number of benzene rings is 2. The zero-order valence-electron chi connectivity index (χ0n) is 32.3. The monoisotopic (exact) mass is 692 g/mol. The molecule has 0 radical (unpaired) electrons. The molecular formula is C38H58B2N2O8. The number of rotatable bonds is 15. The van der Waals surface area contributed by atoms with Gasteiger partial charge in [0.05, 0.1) is 47.7 Å². The van der Waals surface area contributed by atoms with Gasteiger partial charge in [-0.1, -0.05) is 48.5 Å². The number of esters is 2. The second-order valence-electron chi connectivity index (χ2n) is 16.1. The Kier molecular flexibility index (Phi) is 12.7. The van der Waals surface area contributed by atoms with E-state index in [2.05, 4.69) is 9.80 Å². The minimum Gasteiger partial charge on any atom is -0.462 e. The van der Waals surface area contributed by atoms with E-state index in [1.54, 1.807) is 0 Å². The predicted octanol–water partition coefficient (Wildman–Crippen LogP) is 4.49. The van der Waals surface area contributed by atoms with Crippen LogP contribution in [-0.2, 0) is 50.8 Å². The molecular weight excluding hydrogens is 634 g/mol. The molecule has 0 atom stereocenters. The van der Waals surface area contributed by atoms with Gasteiger partial charge in [0.2, 0.25) is 0 Å². The number of nitrogens with zero attached hydrogens (tertiary/aromatic N) is 2. The standard InChI is InChI=1S/C38H58B2N2O8/c1-27(2)45-33(43)25-41(23-29-17-13-15-19-31(29)39-47-35(5,6)36(7,8)48-39)21-22-42(26-34(44)46-28(3)4)24-30-18-14-16-20-32(30)40-49-37(9,10)38(11,12)50-40/h13-20,27-28H,21-26H2,1-12H3. The van der Waals surface area contributed by atoms with Crippen molar-refractivity contribution in [2.75, 3.05) is 26.2 Å². The fraction of sp³-hybridized carbons (Fsp3) is 0.632. The highest BCUT2D eigenvalue weighted by Crippen LogP contribution is 2.38. The topological polar surface area (TPSA) is 96.0 Å². The quantitative estimate of drug-likeness (QED) is 0.196. The minimum atomic E-state index is -0.547. The van der Waals surface area contributed by atoms with E-state index < -0.39 is 36.6 Å². The van der Waals surface area contributed by atoms with Crippen LogP contribution in [0, 0.1) is 0 Å². The molecule has 4 rings (SSSR count). The summed E-state index contributed by atoms with van der Waals surface area (Å²) in [7, 11) is -1.09. The van der Waals surface area contributed by atoms with Gasteiger partial charge < -0.3 is 28.1 Å². The Morgan fingerprint density at radius 2 is 0.880 bits per heavy atom. The van der Waals surface area contributed by atoms with Gasteiger partial charge in [0.25, 0.3) is 0 Å². The average Bonchev–Trinajstić information content (AvgIpc) is 3.34. The fourth-order valence-corrected chi connectivity index (χ4v) is 5.91. The van der Waals surface area contributed by atoms with E-state index in [1.165, 1.54) is 0 Å². The predicted molar refractivity (Wildman–Crippen MR) is 197 cm³/mol.